The first-order valence-electron chi connectivity index (χ1n) is 4.08. The molecule has 0 amide bonds. The van der Waals surface area contributed by atoms with Gasteiger partial charge in [0.25, 0.3) is 0 Å². The van der Waals surface area contributed by atoms with Crippen molar-refractivity contribution in [2.75, 3.05) is 5.75 Å². The van der Waals surface area contributed by atoms with Crippen LogP contribution in [0.25, 0.3) is 0 Å². The second-order valence-corrected chi connectivity index (χ2v) is 3.11. The van der Waals surface area contributed by atoms with Gasteiger partial charge >= 0.3 is 0 Å². The summed E-state index contributed by atoms with van der Waals surface area (Å²) in [5, 5.41) is 0. The fourth-order valence-electron chi connectivity index (χ4n) is 1.09. The zero-order valence-corrected chi connectivity index (χ0v) is 7.56. The van der Waals surface area contributed by atoms with Crippen molar-refractivity contribution >= 4 is 12.6 Å². The third-order valence-corrected chi connectivity index (χ3v) is 2.03. The maximum absolute atomic E-state index is 4.17. The van der Waals surface area contributed by atoms with E-state index in [2.05, 4.69) is 43.0 Å². The van der Waals surface area contributed by atoms with Crippen LogP contribution < -0.4 is 0 Å². The van der Waals surface area contributed by atoms with Gasteiger partial charge in [0.05, 0.1) is 0 Å². The highest BCUT2D eigenvalue weighted by atomic mass is 32.1. The van der Waals surface area contributed by atoms with Crippen molar-refractivity contribution < 1.29 is 0 Å². The average molecular weight is 166 g/mol. The van der Waals surface area contributed by atoms with Crippen LogP contribution in [0.15, 0.2) is 30.3 Å². The Hall–Kier alpha value is -0.430. The van der Waals surface area contributed by atoms with Crippen LogP contribution in [0.3, 0.4) is 0 Å². The molecule has 1 heteroatoms. The maximum Gasteiger partial charge on any atom is -0.00978 e. The van der Waals surface area contributed by atoms with Gasteiger partial charge in [0.1, 0.15) is 0 Å². The second-order valence-electron chi connectivity index (χ2n) is 2.67. The molecule has 1 aromatic rings. The Morgan fingerprint density at radius 2 is 1.73 bits per heavy atom. The molecule has 0 aliphatic carbocycles. The fraction of sp³-hybridized carbons (Fsp3) is 0.400. The Morgan fingerprint density at radius 1 is 1.00 bits per heavy atom. The normalized spacial score (nSPS) is 9.91. The third kappa shape index (κ3) is 3.47. The maximum atomic E-state index is 4.17. The second kappa shape index (κ2) is 5.25. The van der Waals surface area contributed by atoms with Crippen molar-refractivity contribution in [2.24, 2.45) is 0 Å². The lowest BCUT2D eigenvalue weighted by atomic mass is 10.1. The molecule has 0 atom stereocenters. The lowest BCUT2D eigenvalue weighted by Gasteiger charge is -1.98. The van der Waals surface area contributed by atoms with Gasteiger partial charge in [-0.3, -0.25) is 0 Å². The third-order valence-electron chi connectivity index (χ3n) is 1.72. The molecule has 0 fully saturated rings. The molecule has 0 radical (unpaired) electrons. The number of unbranched alkanes of at least 4 members (excludes halogenated alkanes) is 1. The van der Waals surface area contributed by atoms with E-state index in [9.17, 15) is 0 Å². The minimum atomic E-state index is 1.01. The van der Waals surface area contributed by atoms with Crippen molar-refractivity contribution in [2.45, 2.75) is 19.3 Å². The monoisotopic (exact) mass is 166 g/mol. The Balaban J connectivity index is 2.28. The highest BCUT2D eigenvalue weighted by Crippen LogP contribution is 2.04. The van der Waals surface area contributed by atoms with E-state index >= 15 is 0 Å². The van der Waals surface area contributed by atoms with E-state index in [-0.39, 0.29) is 0 Å². The molecule has 0 nitrogen and oxygen atoms in total. The molecule has 0 spiro atoms. The van der Waals surface area contributed by atoms with Gasteiger partial charge in [-0.15, -0.1) is 0 Å². The van der Waals surface area contributed by atoms with E-state index in [1.165, 1.54) is 24.8 Å². The summed E-state index contributed by atoms with van der Waals surface area (Å²) >= 11 is 4.17. The molecule has 1 rings (SSSR count). The standard InChI is InChI=1S/C10H14S/c11-9-5-4-8-10-6-2-1-3-7-10/h1-3,6-7,11H,4-5,8-9H2. The van der Waals surface area contributed by atoms with Crippen molar-refractivity contribution in [3.05, 3.63) is 35.9 Å². The molecule has 0 bridgehead atoms. The zero-order valence-electron chi connectivity index (χ0n) is 6.66. The number of rotatable bonds is 4. The van der Waals surface area contributed by atoms with Crippen LogP contribution in [0.5, 0.6) is 0 Å². The minimum absolute atomic E-state index is 1.01. The summed E-state index contributed by atoms with van der Waals surface area (Å²) in [6, 6.07) is 10.6. The summed E-state index contributed by atoms with van der Waals surface area (Å²) in [6.07, 6.45) is 3.67. The highest BCUT2D eigenvalue weighted by Gasteiger charge is 1.89. The Bertz CT molecular complexity index is 181. The van der Waals surface area contributed by atoms with Crippen LogP contribution >= 0.6 is 12.6 Å². The summed E-state index contributed by atoms with van der Waals surface area (Å²) in [5.74, 6) is 1.01. The molecule has 0 aliphatic rings. The van der Waals surface area contributed by atoms with Gasteiger partial charge in [0.15, 0.2) is 0 Å². The largest absolute Gasteiger partial charge is 0.179 e. The van der Waals surface area contributed by atoms with E-state index in [1.54, 1.807) is 0 Å². The first-order valence-corrected chi connectivity index (χ1v) is 4.71. The first-order chi connectivity index (χ1) is 5.43. The van der Waals surface area contributed by atoms with Crippen LogP contribution in [-0.2, 0) is 6.42 Å². The summed E-state index contributed by atoms with van der Waals surface area (Å²) in [4.78, 5) is 0. The predicted molar refractivity (Wildman–Crippen MR) is 53.2 cm³/mol. The van der Waals surface area contributed by atoms with Crippen molar-refractivity contribution in [3.63, 3.8) is 0 Å². The van der Waals surface area contributed by atoms with E-state index in [4.69, 9.17) is 0 Å². The summed E-state index contributed by atoms with van der Waals surface area (Å²) < 4.78 is 0. The van der Waals surface area contributed by atoms with E-state index in [1.807, 2.05) is 0 Å². The van der Waals surface area contributed by atoms with Gasteiger partial charge in [0, 0.05) is 0 Å². The number of hydrogen-bond donors (Lipinski definition) is 1. The Morgan fingerprint density at radius 3 is 2.36 bits per heavy atom. The molecule has 0 unspecified atom stereocenters. The Kier molecular flexibility index (Phi) is 4.14. The number of hydrogen-bond acceptors (Lipinski definition) is 1. The van der Waals surface area contributed by atoms with Gasteiger partial charge in [-0.1, -0.05) is 30.3 Å². The van der Waals surface area contributed by atoms with Gasteiger partial charge in [-0.05, 0) is 30.6 Å². The molecule has 0 aliphatic heterocycles. The van der Waals surface area contributed by atoms with E-state index < -0.39 is 0 Å². The lowest BCUT2D eigenvalue weighted by Crippen LogP contribution is -1.84. The molecular weight excluding hydrogens is 152 g/mol. The molecule has 0 saturated carbocycles. The quantitative estimate of drug-likeness (QED) is 0.516. The fourth-order valence-corrected chi connectivity index (χ4v) is 1.31. The van der Waals surface area contributed by atoms with Gasteiger partial charge in [-0.25, -0.2) is 0 Å². The molecule has 0 saturated heterocycles. The smallest absolute Gasteiger partial charge is 0.00978 e. The van der Waals surface area contributed by atoms with Crippen LogP contribution in [0, 0.1) is 0 Å². The minimum Gasteiger partial charge on any atom is -0.179 e. The van der Waals surface area contributed by atoms with Crippen molar-refractivity contribution in [1.29, 1.82) is 0 Å². The highest BCUT2D eigenvalue weighted by molar-refractivity contribution is 7.80. The Labute approximate surface area is 74.0 Å². The summed E-state index contributed by atoms with van der Waals surface area (Å²) in [5.41, 5.74) is 1.44. The van der Waals surface area contributed by atoms with Gasteiger partial charge in [0.2, 0.25) is 0 Å². The zero-order chi connectivity index (χ0) is 7.94. The van der Waals surface area contributed by atoms with Gasteiger partial charge in [-0.2, -0.15) is 12.6 Å². The first kappa shape index (κ1) is 8.66. The van der Waals surface area contributed by atoms with Gasteiger partial charge < -0.3 is 0 Å². The topological polar surface area (TPSA) is 0 Å². The van der Waals surface area contributed by atoms with Crippen LogP contribution in [-0.4, -0.2) is 5.75 Å². The van der Waals surface area contributed by atoms with E-state index in [0.717, 1.165) is 5.75 Å². The SMILES string of the molecule is SCCCCc1ccccc1. The van der Waals surface area contributed by atoms with Crippen molar-refractivity contribution in [1.82, 2.24) is 0 Å². The van der Waals surface area contributed by atoms with Crippen LogP contribution in [0.4, 0.5) is 0 Å². The molecule has 60 valence electrons. The molecule has 1 aromatic carbocycles. The van der Waals surface area contributed by atoms with E-state index in [0.29, 0.717) is 0 Å². The molecule has 0 N–H and O–H groups in total. The summed E-state index contributed by atoms with van der Waals surface area (Å²) in [6.45, 7) is 0. The average Bonchev–Trinajstić information content (AvgIpc) is 2.07. The van der Waals surface area contributed by atoms with Crippen LogP contribution in [0.2, 0.25) is 0 Å². The summed E-state index contributed by atoms with van der Waals surface area (Å²) in [7, 11) is 0. The molecule has 0 heterocycles. The number of aryl methyl sites for hydroxylation is 1. The predicted octanol–water partition coefficient (Wildman–Crippen LogP) is 2.94. The number of thiol groups is 1. The molecular formula is C10H14S. The van der Waals surface area contributed by atoms with Crippen LogP contribution in [0.1, 0.15) is 18.4 Å². The molecule has 11 heavy (non-hydrogen) atoms. The lowest BCUT2D eigenvalue weighted by molar-refractivity contribution is 0.804. The number of benzene rings is 1. The molecule has 0 aromatic heterocycles. The van der Waals surface area contributed by atoms with Crippen molar-refractivity contribution in [3.8, 4) is 0 Å².